The molecule has 3 aromatic rings. The zero-order chi connectivity index (χ0) is 20.4. The van der Waals surface area contributed by atoms with Crippen molar-refractivity contribution in [1.82, 2.24) is 24.9 Å². The molecule has 7 nitrogen and oxygen atoms in total. The van der Waals surface area contributed by atoms with Crippen molar-refractivity contribution >= 4 is 16.8 Å². The predicted molar refractivity (Wildman–Crippen MR) is 110 cm³/mol. The third kappa shape index (κ3) is 3.56. The van der Waals surface area contributed by atoms with E-state index in [1.165, 1.54) is 4.68 Å². The van der Waals surface area contributed by atoms with E-state index in [1.807, 2.05) is 45.0 Å². The van der Waals surface area contributed by atoms with Crippen molar-refractivity contribution in [2.45, 2.75) is 53.5 Å². The number of benzene rings is 1. The molecule has 0 bridgehead atoms. The molecule has 0 unspecified atom stereocenters. The minimum atomic E-state index is -0.697. The summed E-state index contributed by atoms with van der Waals surface area (Å²) in [6, 6.07) is 7.26. The summed E-state index contributed by atoms with van der Waals surface area (Å²) >= 11 is 0. The second-order valence-electron chi connectivity index (χ2n) is 7.21. The van der Waals surface area contributed by atoms with Crippen molar-refractivity contribution in [2.75, 3.05) is 6.54 Å². The Kier molecular flexibility index (Phi) is 5.63. The predicted octanol–water partition coefficient (Wildman–Crippen LogP) is 2.98. The van der Waals surface area contributed by atoms with Gasteiger partial charge in [-0.25, -0.2) is 9.36 Å². The molecule has 7 heteroatoms. The van der Waals surface area contributed by atoms with E-state index in [2.05, 4.69) is 22.4 Å². The maximum absolute atomic E-state index is 13.1. The molecule has 1 aromatic carbocycles. The number of aryl methyl sites for hydroxylation is 3. The molecule has 0 aliphatic carbocycles. The Morgan fingerprint density at radius 2 is 1.82 bits per heavy atom. The number of nitrogens with one attached hydrogen (secondary N) is 1. The summed E-state index contributed by atoms with van der Waals surface area (Å²) < 4.78 is 3.00. The molecule has 1 atom stereocenters. The summed E-state index contributed by atoms with van der Waals surface area (Å²) in [7, 11) is 0. The summed E-state index contributed by atoms with van der Waals surface area (Å²) in [6.07, 6.45) is 1.90. The first-order chi connectivity index (χ1) is 13.3. The van der Waals surface area contributed by atoms with Crippen LogP contribution < -0.4 is 10.9 Å². The number of amides is 1. The van der Waals surface area contributed by atoms with Gasteiger partial charge in [-0.1, -0.05) is 31.0 Å². The van der Waals surface area contributed by atoms with E-state index in [-0.39, 0.29) is 11.5 Å². The van der Waals surface area contributed by atoms with Crippen molar-refractivity contribution in [3.63, 3.8) is 0 Å². The van der Waals surface area contributed by atoms with Gasteiger partial charge in [0.05, 0.1) is 22.5 Å². The summed E-state index contributed by atoms with van der Waals surface area (Å²) in [5.74, 6) is -0.212. The number of nitrogens with zero attached hydrogens (tertiary/aromatic N) is 4. The van der Waals surface area contributed by atoms with Crippen LogP contribution in [0.15, 0.2) is 29.1 Å². The van der Waals surface area contributed by atoms with Gasteiger partial charge < -0.3 is 5.32 Å². The van der Waals surface area contributed by atoms with Gasteiger partial charge in [0, 0.05) is 6.54 Å². The fourth-order valence-electron chi connectivity index (χ4n) is 3.30. The minimum absolute atomic E-state index is 0.212. The number of carbonyl (C=O) groups is 1. The highest BCUT2D eigenvalue weighted by Crippen LogP contribution is 2.22. The Labute approximate surface area is 164 Å². The van der Waals surface area contributed by atoms with Crippen LogP contribution in [0, 0.1) is 20.8 Å². The summed E-state index contributed by atoms with van der Waals surface area (Å²) in [5.41, 5.74) is 3.55. The Hall–Kier alpha value is -2.96. The zero-order valence-electron chi connectivity index (χ0n) is 17.1. The Bertz CT molecular complexity index is 1060. The normalized spacial score (nSPS) is 12.3. The number of hydrogen-bond acceptors (Lipinski definition) is 4. The van der Waals surface area contributed by atoms with Crippen molar-refractivity contribution in [3.8, 4) is 5.69 Å². The lowest BCUT2D eigenvalue weighted by molar-refractivity contribution is -0.124. The van der Waals surface area contributed by atoms with Crippen LogP contribution in [0.5, 0.6) is 0 Å². The van der Waals surface area contributed by atoms with Crippen LogP contribution in [0.1, 0.15) is 49.7 Å². The molecule has 0 saturated heterocycles. The molecule has 3 rings (SSSR count). The average molecular weight is 381 g/mol. The second kappa shape index (κ2) is 7.96. The number of carbonyl (C=O) groups excluding carboxylic acids is 1. The molecule has 2 aromatic heterocycles. The molecule has 0 radical (unpaired) electrons. The standard InChI is InChI=1S/C21H27N5O2/c1-6-7-12-22-20(27)16(5)26-21(28)19-18(14(3)23-26)15(4)25(24-19)17-10-8-13(2)9-11-17/h8-11,16H,6-7,12H2,1-5H3,(H,22,27)/t16-/m0/s1. The van der Waals surface area contributed by atoms with E-state index in [9.17, 15) is 9.59 Å². The molecule has 0 saturated carbocycles. The van der Waals surface area contributed by atoms with E-state index in [0.717, 1.165) is 35.2 Å². The average Bonchev–Trinajstić information content (AvgIpc) is 3.03. The molecule has 0 fully saturated rings. The lowest BCUT2D eigenvalue weighted by atomic mass is 10.2. The Morgan fingerprint density at radius 1 is 1.14 bits per heavy atom. The number of rotatable bonds is 6. The summed E-state index contributed by atoms with van der Waals surface area (Å²) in [4.78, 5) is 25.5. The zero-order valence-corrected chi connectivity index (χ0v) is 17.1. The summed E-state index contributed by atoms with van der Waals surface area (Å²) in [6.45, 7) is 10.1. The topological polar surface area (TPSA) is 81.8 Å². The van der Waals surface area contributed by atoms with Crippen LogP contribution in [0.25, 0.3) is 16.6 Å². The Morgan fingerprint density at radius 3 is 2.46 bits per heavy atom. The van der Waals surface area contributed by atoms with Crippen LogP contribution in [-0.4, -0.2) is 32.0 Å². The lowest BCUT2D eigenvalue weighted by Gasteiger charge is -2.14. The fraction of sp³-hybridized carbons (Fsp3) is 0.429. The molecule has 148 valence electrons. The van der Waals surface area contributed by atoms with E-state index in [0.29, 0.717) is 17.8 Å². The van der Waals surface area contributed by atoms with Gasteiger partial charge in [-0.05, 0) is 46.2 Å². The minimum Gasteiger partial charge on any atom is -0.354 e. The highest BCUT2D eigenvalue weighted by atomic mass is 16.2. The lowest BCUT2D eigenvalue weighted by Crippen LogP contribution is -2.37. The fourth-order valence-corrected chi connectivity index (χ4v) is 3.30. The number of aromatic nitrogens is 4. The van der Waals surface area contributed by atoms with Gasteiger partial charge in [-0.2, -0.15) is 10.2 Å². The molecular weight excluding hydrogens is 354 g/mol. The van der Waals surface area contributed by atoms with Gasteiger partial charge in [0.1, 0.15) is 6.04 Å². The van der Waals surface area contributed by atoms with E-state index in [1.54, 1.807) is 11.6 Å². The van der Waals surface area contributed by atoms with Gasteiger partial charge in [-0.3, -0.25) is 9.59 Å². The first-order valence-corrected chi connectivity index (χ1v) is 9.68. The SMILES string of the molecule is CCCCNC(=O)[C@H](C)n1nc(C)c2c(C)n(-c3ccc(C)cc3)nc2c1=O. The second-order valence-corrected chi connectivity index (χ2v) is 7.21. The maximum Gasteiger partial charge on any atom is 0.295 e. The van der Waals surface area contributed by atoms with Gasteiger partial charge in [0.2, 0.25) is 5.91 Å². The number of hydrogen-bond donors (Lipinski definition) is 1. The first-order valence-electron chi connectivity index (χ1n) is 9.68. The molecular formula is C21H27N5O2. The molecule has 0 spiro atoms. The van der Waals surface area contributed by atoms with Crippen molar-refractivity contribution in [1.29, 1.82) is 0 Å². The highest BCUT2D eigenvalue weighted by molar-refractivity contribution is 5.84. The van der Waals surface area contributed by atoms with Crippen LogP contribution in [0.3, 0.4) is 0 Å². The molecule has 0 aliphatic heterocycles. The quantitative estimate of drug-likeness (QED) is 0.666. The molecule has 2 heterocycles. The third-order valence-electron chi connectivity index (χ3n) is 5.00. The maximum atomic E-state index is 13.1. The molecule has 1 N–H and O–H groups in total. The van der Waals surface area contributed by atoms with Crippen molar-refractivity contribution < 1.29 is 4.79 Å². The number of unbranched alkanes of at least 4 members (excludes halogenated alkanes) is 1. The molecule has 28 heavy (non-hydrogen) atoms. The van der Waals surface area contributed by atoms with E-state index in [4.69, 9.17) is 0 Å². The first kappa shape index (κ1) is 19.8. The van der Waals surface area contributed by atoms with Crippen molar-refractivity contribution in [3.05, 3.63) is 51.6 Å². The van der Waals surface area contributed by atoms with E-state index >= 15 is 0 Å². The van der Waals surface area contributed by atoms with Crippen molar-refractivity contribution in [2.24, 2.45) is 0 Å². The van der Waals surface area contributed by atoms with Gasteiger partial charge in [0.25, 0.3) is 5.56 Å². The monoisotopic (exact) mass is 381 g/mol. The third-order valence-corrected chi connectivity index (χ3v) is 5.00. The van der Waals surface area contributed by atoms with Crippen LogP contribution in [0.2, 0.25) is 0 Å². The smallest absolute Gasteiger partial charge is 0.295 e. The van der Waals surface area contributed by atoms with Crippen LogP contribution in [0.4, 0.5) is 0 Å². The number of fused-ring (bicyclic) bond motifs is 1. The Balaban J connectivity index is 2.06. The van der Waals surface area contributed by atoms with Gasteiger partial charge in [-0.15, -0.1) is 0 Å². The van der Waals surface area contributed by atoms with Crippen LogP contribution >= 0.6 is 0 Å². The van der Waals surface area contributed by atoms with Gasteiger partial charge >= 0.3 is 0 Å². The molecule has 1 amide bonds. The molecule has 0 aliphatic rings. The van der Waals surface area contributed by atoms with E-state index < -0.39 is 6.04 Å². The van der Waals surface area contributed by atoms with Crippen LogP contribution in [-0.2, 0) is 4.79 Å². The largest absolute Gasteiger partial charge is 0.354 e. The van der Waals surface area contributed by atoms with Gasteiger partial charge in [0.15, 0.2) is 5.52 Å². The summed E-state index contributed by atoms with van der Waals surface area (Å²) in [5, 5.41) is 12.6. The highest BCUT2D eigenvalue weighted by Gasteiger charge is 2.22.